The molecule has 1 saturated carbocycles. The lowest BCUT2D eigenvalue weighted by Crippen LogP contribution is -2.31. The molecule has 0 aliphatic heterocycles. The van der Waals surface area contributed by atoms with Crippen molar-refractivity contribution in [2.75, 3.05) is 14.2 Å². The second kappa shape index (κ2) is 5.64. The van der Waals surface area contributed by atoms with Gasteiger partial charge in [-0.3, -0.25) is 0 Å². The van der Waals surface area contributed by atoms with Crippen LogP contribution in [0.2, 0.25) is 0 Å². The Balaban J connectivity index is 2.41. The highest BCUT2D eigenvalue weighted by Crippen LogP contribution is 2.39. The summed E-state index contributed by atoms with van der Waals surface area (Å²) in [5, 5.41) is 10.2. The van der Waals surface area contributed by atoms with Crippen LogP contribution >= 0.6 is 0 Å². The molecule has 88 valence electrons. The molecule has 0 aromatic rings. The van der Waals surface area contributed by atoms with E-state index in [0.29, 0.717) is 5.92 Å². The van der Waals surface area contributed by atoms with Crippen molar-refractivity contribution in [1.29, 1.82) is 0 Å². The number of ether oxygens (including phenoxy) is 2. The zero-order chi connectivity index (χ0) is 11.3. The van der Waals surface area contributed by atoms with E-state index in [2.05, 4.69) is 6.58 Å². The highest BCUT2D eigenvalue weighted by Gasteiger charge is 2.38. The van der Waals surface area contributed by atoms with Crippen LogP contribution in [-0.2, 0) is 9.47 Å². The number of aliphatic hydroxyl groups is 1. The van der Waals surface area contributed by atoms with Gasteiger partial charge in [-0.1, -0.05) is 6.08 Å². The summed E-state index contributed by atoms with van der Waals surface area (Å²) in [4.78, 5) is 0. The van der Waals surface area contributed by atoms with E-state index in [-0.39, 0.29) is 6.29 Å². The Morgan fingerprint density at radius 1 is 1.53 bits per heavy atom. The summed E-state index contributed by atoms with van der Waals surface area (Å²) in [6, 6.07) is 0. The number of rotatable bonds is 6. The molecule has 2 atom stereocenters. The second-order valence-electron chi connectivity index (χ2n) is 4.26. The minimum atomic E-state index is -0.661. The summed E-state index contributed by atoms with van der Waals surface area (Å²) in [5.74, 6) is 0.308. The van der Waals surface area contributed by atoms with Gasteiger partial charge in [0, 0.05) is 14.2 Å². The fourth-order valence-corrected chi connectivity index (χ4v) is 2.42. The lowest BCUT2D eigenvalue weighted by molar-refractivity contribution is -0.111. The van der Waals surface area contributed by atoms with Crippen molar-refractivity contribution in [3.63, 3.8) is 0 Å². The first-order valence-electron chi connectivity index (χ1n) is 5.58. The maximum absolute atomic E-state index is 10.2. The zero-order valence-corrected chi connectivity index (χ0v) is 9.74. The first-order chi connectivity index (χ1) is 7.16. The lowest BCUT2D eigenvalue weighted by atomic mass is 9.87. The molecule has 0 aromatic heterocycles. The third-order valence-corrected chi connectivity index (χ3v) is 3.47. The average Bonchev–Trinajstić information content (AvgIpc) is 2.63. The SMILES string of the molecule is C=C[C@]1(O)CCC[C@H]1CCC(OC)OC. The van der Waals surface area contributed by atoms with E-state index in [1.165, 1.54) is 0 Å². The Kier molecular flexibility index (Phi) is 4.77. The summed E-state index contributed by atoms with van der Waals surface area (Å²) in [5.41, 5.74) is -0.661. The fourth-order valence-electron chi connectivity index (χ4n) is 2.42. The lowest BCUT2D eigenvalue weighted by Gasteiger charge is -2.27. The van der Waals surface area contributed by atoms with Crippen LogP contribution in [0.5, 0.6) is 0 Å². The Bertz CT molecular complexity index is 201. The second-order valence-corrected chi connectivity index (χ2v) is 4.26. The third-order valence-electron chi connectivity index (χ3n) is 3.47. The molecule has 15 heavy (non-hydrogen) atoms. The fraction of sp³-hybridized carbons (Fsp3) is 0.833. The van der Waals surface area contributed by atoms with Crippen LogP contribution in [0, 0.1) is 5.92 Å². The van der Waals surface area contributed by atoms with E-state index in [1.54, 1.807) is 20.3 Å². The number of hydrogen-bond donors (Lipinski definition) is 1. The smallest absolute Gasteiger partial charge is 0.156 e. The largest absolute Gasteiger partial charge is 0.386 e. The Morgan fingerprint density at radius 3 is 2.73 bits per heavy atom. The van der Waals surface area contributed by atoms with E-state index in [4.69, 9.17) is 9.47 Å². The first-order valence-corrected chi connectivity index (χ1v) is 5.58. The minimum Gasteiger partial charge on any atom is -0.386 e. The van der Waals surface area contributed by atoms with Crippen LogP contribution in [0.1, 0.15) is 32.1 Å². The van der Waals surface area contributed by atoms with Gasteiger partial charge in [0.1, 0.15) is 0 Å². The van der Waals surface area contributed by atoms with Gasteiger partial charge in [-0.15, -0.1) is 6.58 Å². The van der Waals surface area contributed by atoms with Crippen molar-refractivity contribution in [3.05, 3.63) is 12.7 Å². The summed E-state index contributed by atoms with van der Waals surface area (Å²) in [6.45, 7) is 3.72. The van der Waals surface area contributed by atoms with Crippen LogP contribution in [0.25, 0.3) is 0 Å². The maximum Gasteiger partial charge on any atom is 0.156 e. The maximum atomic E-state index is 10.2. The minimum absolute atomic E-state index is 0.153. The van der Waals surface area contributed by atoms with E-state index in [1.807, 2.05) is 0 Å². The van der Waals surface area contributed by atoms with Crippen molar-refractivity contribution in [1.82, 2.24) is 0 Å². The van der Waals surface area contributed by atoms with Crippen molar-refractivity contribution >= 4 is 0 Å². The number of hydrogen-bond acceptors (Lipinski definition) is 3. The highest BCUT2D eigenvalue weighted by atomic mass is 16.7. The average molecular weight is 214 g/mol. The van der Waals surface area contributed by atoms with Gasteiger partial charge < -0.3 is 14.6 Å². The predicted molar refractivity (Wildman–Crippen MR) is 59.5 cm³/mol. The van der Waals surface area contributed by atoms with Crippen molar-refractivity contribution < 1.29 is 14.6 Å². The van der Waals surface area contributed by atoms with Gasteiger partial charge in [-0.25, -0.2) is 0 Å². The molecule has 0 aromatic carbocycles. The Hall–Kier alpha value is -0.380. The quantitative estimate of drug-likeness (QED) is 0.543. The van der Waals surface area contributed by atoms with Gasteiger partial charge >= 0.3 is 0 Å². The highest BCUT2D eigenvalue weighted by molar-refractivity contribution is 5.04. The number of methoxy groups -OCH3 is 2. The molecule has 1 fully saturated rings. The van der Waals surface area contributed by atoms with Gasteiger partial charge in [-0.05, 0) is 38.0 Å². The van der Waals surface area contributed by atoms with Crippen LogP contribution in [-0.4, -0.2) is 31.2 Å². The summed E-state index contributed by atoms with van der Waals surface area (Å²) >= 11 is 0. The molecule has 0 saturated heterocycles. The summed E-state index contributed by atoms with van der Waals surface area (Å²) in [7, 11) is 3.28. The third kappa shape index (κ3) is 3.03. The molecule has 1 rings (SSSR count). The van der Waals surface area contributed by atoms with Crippen LogP contribution in [0.3, 0.4) is 0 Å². The predicted octanol–water partition coefficient (Wildman–Crippen LogP) is 2.10. The zero-order valence-electron chi connectivity index (χ0n) is 9.74. The molecule has 1 aliphatic rings. The molecule has 3 heteroatoms. The topological polar surface area (TPSA) is 38.7 Å². The van der Waals surface area contributed by atoms with Gasteiger partial charge in [0.05, 0.1) is 5.60 Å². The van der Waals surface area contributed by atoms with Crippen LogP contribution in [0.15, 0.2) is 12.7 Å². The molecular formula is C12H22O3. The molecular weight excluding hydrogens is 192 g/mol. The Labute approximate surface area is 92.1 Å². The molecule has 0 bridgehead atoms. The summed E-state index contributed by atoms with van der Waals surface area (Å²) in [6.07, 6.45) is 6.29. The van der Waals surface area contributed by atoms with Crippen LogP contribution in [0.4, 0.5) is 0 Å². The van der Waals surface area contributed by atoms with Crippen LogP contribution < -0.4 is 0 Å². The van der Waals surface area contributed by atoms with E-state index in [9.17, 15) is 5.11 Å². The van der Waals surface area contributed by atoms with Gasteiger partial charge in [-0.2, -0.15) is 0 Å². The molecule has 3 nitrogen and oxygen atoms in total. The normalized spacial score (nSPS) is 31.1. The van der Waals surface area contributed by atoms with Crippen molar-refractivity contribution in [2.24, 2.45) is 5.92 Å². The molecule has 0 spiro atoms. The van der Waals surface area contributed by atoms with E-state index in [0.717, 1.165) is 32.1 Å². The molecule has 0 heterocycles. The molecule has 0 amide bonds. The Morgan fingerprint density at radius 2 is 2.20 bits per heavy atom. The van der Waals surface area contributed by atoms with Crippen molar-refractivity contribution in [3.8, 4) is 0 Å². The van der Waals surface area contributed by atoms with E-state index < -0.39 is 5.60 Å². The van der Waals surface area contributed by atoms with Crippen molar-refractivity contribution in [2.45, 2.75) is 44.0 Å². The van der Waals surface area contributed by atoms with Gasteiger partial charge in [0.2, 0.25) is 0 Å². The molecule has 1 aliphatic carbocycles. The standard InChI is InChI=1S/C12H22O3/c1-4-12(13)9-5-6-10(12)7-8-11(14-2)15-3/h4,10-11,13H,1,5-9H2,2-3H3/t10-,12-/m0/s1. The van der Waals surface area contributed by atoms with Gasteiger partial charge in [0.15, 0.2) is 6.29 Å². The first kappa shape index (κ1) is 12.7. The van der Waals surface area contributed by atoms with Gasteiger partial charge in [0.25, 0.3) is 0 Å². The monoisotopic (exact) mass is 214 g/mol. The summed E-state index contributed by atoms with van der Waals surface area (Å²) < 4.78 is 10.3. The molecule has 0 radical (unpaired) electrons. The molecule has 1 N–H and O–H groups in total. The van der Waals surface area contributed by atoms with E-state index >= 15 is 0 Å². The molecule has 0 unspecified atom stereocenters.